The Morgan fingerprint density at radius 1 is 0.944 bits per heavy atom. The molecular formula is C28H30N6O2. The number of benzene rings is 2. The number of hydrogen-bond donors (Lipinski definition) is 1. The maximum absolute atomic E-state index is 13.6. The van der Waals surface area contributed by atoms with E-state index in [9.17, 15) is 9.59 Å². The highest BCUT2D eigenvalue weighted by atomic mass is 16.2. The van der Waals surface area contributed by atoms with Crippen LogP contribution in [0.3, 0.4) is 0 Å². The number of nitrogens with zero attached hydrogens (tertiary/aromatic N) is 5. The number of rotatable bonds is 4. The van der Waals surface area contributed by atoms with Crippen molar-refractivity contribution in [3.05, 3.63) is 93.4 Å². The van der Waals surface area contributed by atoms with E-state index in [2.05, 4.69) is 15.3 Å². The van der Waals surface area contributed by atoms with Crippen LogP contribution in [0.4, 0.5) is 16.3 Å². The first-order chi connectivity index (χ1) is 17.4. The van der Waals surface area contributed by atoms with Gasteiger partial charge in [-0.1, -0.05) is 42.0 Å². The molecule has 0 atom stereocenters. The molecule has 0 bridgehead atoms. The third-order valence-electron chi connectivity index (χ3n) is 6.65. The van der Waals surface area contributed by atoms with Crippen LogP contribution in [0.2, 0.25) is 0 Å². The minimum absolute atomic E-state index is 0.129. The zero-order valence-electron chi connectivity index (χ0n) is 20.9. The van der Waals surface area contributed by atoms with Crippen LogP contribution in [-0.4, -0.2) is 51.6 Å². The molecule has 5 rings (SSSR count). The molecule has 0 aliphatic carbocycles. The molecule has 1 aliphatic rings. The van der Waals surface area contributed by atoms with Gasteiger partial charge in [0.1, 0.15) is 5.52 Å². The van der Waals surface area contributed by atoms with Crippen molar-refractivity contribution >= 4 is 28.7 Å². The molecule has 184 valence electrons. The SMILES string of the molecule is Cc1ccc(Cn2c(=O)c(N3CCN(C(=O)Nc4cc(C)ccc4C)CC3)nc3cccnc32)cc1. The highest BCUT2D eigenvalue weighted by Gasteiger charge is 2.25. The molecule has 1 N–H and O–H groups in total. The van der Waals surface area contributed by atoms with Gasteiger partial charge >= 0.3 is 6.03 Å². The lowest BCUT2D eigenvalue weighted by molar-refractivity contribution is 0.208. The van der Waals surface area contributed by atoms with Crippen LogP contribution in [0.15, 0.2) is 65.6 Å². The van der Waals surface area contributed by atoms with Gasteiger partial charge in [-0.05, 0) is 55.7 Å². The van der Waals surface area contributed by atoms with Gasteiger partial charge in [-0.25, -0.2) is 14.8 Å². The van der Waals surface area contributed by atoms with Crippen LogP contribution >= 0.6 is 0 Å². The van der Waals surface area contributed by atoms with Gasteiger partial charge in [-0.3, -0.25) is 9.36 Å². The quantitative estimate of drug-likeness (QED) is 0.473. The summed E-state index contributed by atoms with van der Waals surface area (Å²) in [6, 6.07) is 17.7. The van der Waals surface area contributed by atoms with Crippen LogP contribution < -0.4 is 15.8 Å². The lowest BCUT2D eigenvalue weighted by Crippen LogP contribution is -2.51. The maximum atomic E-state index is 13.6. The molecule has 8 heteroatoms. The molecule has 2 amide bonds. The van der Waals surface area contributed by atoms with Crippen molar-refractivity contribution in [2.24, 2.45) is 0 Å². The number of aromatic nitrogens is 3. The highest BCUT2D eigenvalue weighted by Crippen LogP contribution is 2.19. The van der Waals surface area contributed by atoms with Crippen molar-refractivity contribution in [3.63, 3.8) is 0 Å². The largest absolute Gasteiger partial charge is 0.348 e. The number of fused-ring (bicyclic) bond motifs is 1. The molecule has 1 fully saturated rings. The Labute approximate surface area is 210 Å². The number of pyridine rings is 1. The Kier molecular flexibility index (Phi) is 6.41. The first-order valence-electron chi connectivity index (χ1n) is 12.2. The molecule has 0 saturated carbocycles. The topological polar surface area (TPSA) is 83.4 Å². The molecule has 2 aromatic carbocycles. The van der Waals surface area contributed by atoms with Crippen molar-refractivity contribution in [3.8, 4) is 0 Å². The molecule has 0 unspecified atom stereocenters. The fraction of sp³-hybridized carbons (Fsp3) is 0.286. The minimum Gasteiger partial charge on any atom is -0.348 e. The van der Waals surface area contributed by atoms with E-state index in [1.165, 1.54) is 5.56 Å². The molecule has 36 heavy (non-hydrogen) atoms. The van der Waals surface area contributed by atoms with Crippen LogP contribution in [0, 0.1) is 20.8 Å². The van der Waals surface area contributed by atoms with Crippen molar-refractivity contribution in [1.29, 1.82) is 0 Å². The molecular weight excluding hydrogens is 452 g/mol. The predicted octanol–water partition coefficient (Wildman–Crippen LogP) is 4.12. The minimum atomic E-state index is -0.171. The maximum Gasteiger partial charge on any atom is 0.321 e. The fourth-order valence-corrected chi connectivity index (χ4v) is 4.48. The molecule has 1 aliphatic heterocycles. The average Bonchev–Trinajstić information content (AvgIpc) is 2.89. The Balaban J connectivity index is 1.36. The summed E-state index contributed by atoms with van der Waals surface area (Å²) in [5.41, 5.74) is 6.21. The molecule has 0 spiro atoms. The summed E-state index contributed by atoms with van der Waals surface area (Å²) in [6.07, 6.45) is 1.68. The van der Waals surface area contributed by atoms with Gasteiger partial charge in [0.25, 0.3) is 5.56 Å². The second-order valence-corrected chi connectivity index (χ2v) is 9.38. The summed E-state index contributed by atoms with van der Waals surface area (Å²) in [7, 11) is 0. The van der Waals surface area contributed by atoms with E-state index in [0.29, 0.717) is 49.7 Å². The normalized spacial score (nSPS) is 13.8. The van der Waals surface area contributed by atoms with E-state index >= 15 is 0 Å². The van der Waals surface area contributed by atoms with Crippen molar-refractivity contribution in [2.45, 2.75) is 27.3 Å². The standard InChI is InChI=1S/C28H30N6O2/c1-19-7-10-22(11-8-19)18-34-25-23(5-4-12-29-25)30-26(27(34)35)32-13-15-33(16-14-32)28(36)31-24-17-20(2)6-9-21(24)3/h4-12,17H,13-16,18H2,1-3H3,(H,31,36). The molecule has 1 saturated heterocycles. The molecule has 0 radical (unpaired) electrons. The van der Waals surface area contributed by atoms with Crippen LogP contribution in [0.5, 0.6) is 0 Å². The molecule has 2 aromatic heterocycles. The van der Waals surface area contributed by atoms with E-state index in [1.807, 2.05) is 80.3 Å². The summed E-state index contributed by atoms with van der Waals surface area (Å²) in [5.74, 6) is 0.400. The third-order valence-corrected chi connectivity index (χ3v) is 6.65. The van der Waals surface area contributed by atoms with E-state index in [0.717, 1.165) is 22.4 Å². The van der Waals surface area contributed by atoms with Gasteiger partial charge in [0.2, 0.25) is 0 Å². The Hall–Kier alpha value is -4.20. The van der Waals surface area contributed by atoms with Gasteiger partial charge in [-0.15, -0.1) is 0 Å². The number of amides is 2. The highest BCUT2D eigenvalue weighted by molar-refractivity contribution is 5.90. The number of aryl methyl sites for hydroxylation is 3. The van der Waals surface area contributed by atoms with Gasteiger partial charge in [0.15, 0.2) is 11.5 Å². The summed E-state index contributed by atoms with van der Waals surface area (Å²) < 4.78 is 1.70. The molecule has 8 nitrogen and oxygen atoms in total. The van der Waals surface area contributed by atoms with E-state index in [4.69, 9.17) is 0 Å². The average molecular weight is 483 g/mol. The summed E-state index contributed by atoms with van der Waals surface area (Å²) >= 11 is 0. The lowest BCUT2D eigenvalue weighted by atomic mass is 10.1. The van der Waals surface area contributed by atoms with E-state index in [-0.39, 0.29) is 11.6 Å². The Morgan fingerprint density at radius 2 is 1.67 bits per heavy atom. The van der Waals surface area contributed by atoms with Gasteiger partial charge in [0, 0.05) is 38.1 Å². The number of hydrogen-bond acceptors (Lipinski definition) is 5. The zero-order chi connectivity index (χ0) is 25.2. The van der Waals surface area contributed by atoms with E-state index in [1.54, 1.807) is 15.7 Å². The second kappa shape index (κ2) is 9.81. The number of nitrogens with one attached hydrogen (secondary N) is 1. The van der Waals surface area contributed by atoms with Crippen molar-refractivity contribution in [1.82, 2.24) is 19.4 Å². The monoisotopic (exact) mass is 482 g/mol. The van der Waals surface area contributed by atoms with Crippen LogP contribution in [0.1, 0.15) is 22.3 Å². The smallest absolute Gasteiger partial charge is 0.321 e. The number of piperazine rings is 1. The number of carbonyl (C=O) groups is 1. The van der Waals surface area contributed by atoms with E-state index < -0.39 is 0 Å². The summed E-state index contributed by atoms with van der Waals surface area (Å²) in [6.45, 7) is 8.50. The number of anilines is 2. The molecule has 4 aromatic rings. The number of urea groups is 1. The second-order valence-electron chi connectivity index (χ2n) is 9.38. The fourth-order valence-electron chi connectivity index (χ4n) is 4.48. The molecule has 3 heterocycles. The third kappa shape index (κ3) is 4.79. The van der Waals surface area contributed by atoms with Gasteiger partial charge in [-0.2, -0.15) is 0 Å². The van der Waals surface area contributed by atoms with Crippen LogP contribution in [-0.2, 0) is 6.54 Å². The first-order valence-corrected chi connectivity index (χ1v) is 12.2. The van der Waals surface area contributed by atoms with Crippen molar-refractivity contribution in [2.75, 3.05) is 36.4 Å². The summed E-state index contributed by atoms with van der Waals surface area (Å²) in [5, 5.41) is 3.03. The number of carbonyl (C=O) groups excluding carboxylic acids is 1. The van der Waals surface area contributed by atoms with Crippen molar-refractivity contribution < 1.29 is 4.79 Å². The first kappa shape index (κ1) is 23.5. The predicted molar refractivity (Wildman–Crippen MR) is 143 cm³/mol. The van der Waals surface area contributed by atoms with Crippen LogP contribution in [0.25, 0.3) is 11.2 Å². The summed E-state index contributed by atoms with van der Waals surface area (Å²) in [4.78, 5) is 39.4. The Bertz CT molecular complexity index is 1470. The Morgan fingerprint density at radius 3 is 2.42 bits per heavy atom. The van der Waals surface area contributed by atoms with Gasteiger partial charge in [0.05, 0.1) is 6.54 Å². The van der Waals surface area contributed by atoms with Gasteiger partial charge < -0.3 is 15.1 Å². The zero-order valence-corrected chi connectivity index (χ0v) is 20.9. The lowest BCUT2D eigenvalue weighted by Gasteiger charge is -2.35.